The van der Waals surface area contributed by atoms with Crippen LogP contribution in [-0.2, 0) is 25.3 Å². The number of hydrazine groups is 1. The van der Waals surface area contributed by atoms with Crippen molar-refractivity contribution in [1.82, 2.24) is 16.1 Å². The van der Waals surface area contributed by atoms with Gasteiger partial charge in [-0.25, -0.2) is 15.1 Å². The molecule has 0 spiro atoms. The van der Waals surface area contributed by atoms with E-state index < -0.39 is 29.7 Å². The highest BCUT2D eigenvalue weighted by molar-refractivity contribution is 6.48. The summed E-state index contributed by atoms with van der Waals surface area (Å²) in [4.78, 5) is 41.3. The molecule has 1 aromatic carbocycles. The van der Waals surface area contributed by atoms with Crippen LogP contribution in [0, 0.1) is 33.3 Å². The average Bonchev–Trinajstić information content (AvgIpc) is 3.26. The fourth-order valence-corrected chi connectivity index (χ4v) is 7.28. The summed E-state index contributed by atoms with van der Waals surface area (Å²) >= 11 is 6.08. The number of rotatable bonds is 13. The summed E-state index contributed by atoms with van der Waals surface area (Å²) in [6, 6.07) is 6.10. The van der Waals surface area contributed by atoms with Crippen LogP contribution in [0.1, 0.15) is 72.3 Å². The van der Waals surface area contributed by atoms with Crippen molar-refractivity contribution in [3.05, 3.63) is 45.0 Å². The van der Waals surface area contributed by atoms with E-state index >= 15 is 0 Å². The monoisotopic (exact) mass is 618 g/mol. The molecular weight excluding hydrogens is 575 g/mol. The minimum absolute atomic E-state index is 0.0230. The molecule has 3 saturated carbocycles. The van der Waals surface area contributed by atoms with E-state index in [-0.39, 0.29) is 54.6 Å². The van der Waals surface area contributed by atoms with Crippen LogP contribution in [0.2, 0.25) is 5.02 Å². The lowest BCUT2D eigenvalue weighted by Gasteiger charge is -2.64. The maximum absolute atomic E-state index is 13.8. The molecule has 6 atom stereocenters. The van der Waals surface area contributed by atoms with Gasteiger partial charge in [0.15, 0.2) is 5.03 Å². The molecule has 12 nitrogen and oxygen atoms in total. The fraction of sp³-hybridized carbons (Fsp3) is 0.690. The van der Waals surface area contributed by atoms with Gasteiger partial charge in [-0.2, -0.15) is 0 Å². The number of guanidine groups is 1. The van der Waals surface area contributed by atoms with Gasteiger partial charge in [0.1, 0.15) is 6.04 Å². The van der Waals surface area contributed by atoms with Gasteiger partial charge in [0.2, 0.25) is 11.8 Å². The molecule has 2 bridgehead atoms. The standard InChI is InChI=1S/C29H44BClN6O6/c1-17(2)12-24(30-42-23-16-19-15-22(28(19,3)4)29(23,5)43-30)35-26(39)21(10-7-11-33-27(32)36-37(40)41)34-25(38)14-18-8-6-9-20(31)13-18/h6,8-9,13,17,19,21-24H,7,10-12,14-16H2,1-5H3,(H,34,38)(H,35,39)(H3,32,33,36)/t19-,21+,22-,23-,24+,29+/m1/s1. The Morgan fingerprint density at radius 2 is 2.00 bits per heavy atom. The predicted octanol–water partition coefficient (Wildman–Crippen LogP) is 3.04. The van der Waals surface area contributed by atoms with Crippen molar-refractivity contribution < 1.29 is 23.9 Å². The minimum Gasteiger partial charge on any atom is -0.404 e. The molecule has 1 aromatic rings. The third-order valence-electron chi connectivity index (χ3n) is 9.39. The third kappa shape index (κ3) is 7.80. The number of nitrogens with two attached hydrogens (primary N) is 1. The first kappa shape index (κ1) is 33.0. The Kier molecular flexibility index (Phi) is 10.3. The second kappa shape index (κ2) is 13.4. The van der Waals surface area contributed by atoms with Crippen LogP contribution in [0.4, 0.5) is 0 Å². The first-order chi connectivity index (χ1) is 20.2. The van der Waals surface area contributed by atoms with Gasteiger partial charge in [0.25, 0.3) is 5.96 Å². The number of nitrogens with zero attached hydrogens (tertiary/aromatic N) is 2. The zero-order valence-corrected chi connectivity index (χ0v) is 26.4. The number of nitro groups is 1. The van der Waals surface area contributed by atoms with Crippen molar-refractivity contribution in [2.45, 2.75) is 96.8 Å². The van der Waals surface area contributed by atoms with Crippen LogP contribution in [0.5, 0.6) is 0 Å². The van der Waals surface area contributed by atoms with E-state index in [0.29, 0.717) is 29.7 Å². The smallest absolute Gasteiger partial charge is 0.404 e. The molecule has 0 aromatic heterocycles. The summed E-state index contributed by atoms with van der Waals surface area (Å²) in [5, 5.41) is 16.3. The number of hydrogen-bond donors (Lipinski definition) is 4. The number of carbonyl (C=O) groups is 2. The molecule has 5 N–H and O–H groups in total. The van der Waals surface area contributed by atoms with Crippen LogP contribution in [0.3, 0.4) is 0 Å². The zero-order chi connectivity index (χ0) is 31.5. The Hall–Kier alpha value is -2.90. The molecule has 0 unspecified atom stereocenters. The quantitative estimate of drug-likeness (QED) is 0.0653. The van der Waals surface area contributed by atoms with E-state index in [9.17, 15) is 19.7 Å². The molecule has 43 heavy (non-hydrogen) atoms. The highest BCUT2D eigenvalue weighted by atomic mass is 35.5. The Labute approximate surface area is 258 Å². The van der Waals surface area contributed by atoms with E-state index in [4.69, 9.17) is 26.6 Å². The lowest BCUT2D eigenvalue weighted by atomic mass is 9.43. The van der Waals surface area contributed by atoms with Crippen LogP contribution in [0.25, 0.3) is 0 Å². The molecule has 2 amide bonds. The Balaban J connectivity index is 1.45. The number of halogens is 1. The van der Waals surface area contributed by atoms with E-state index in [1.165, 1.54) is 0 Å². The number of amides is 2. The maximum atomic E-state index is 13.8. The molecule has 1 heterocycles. The first-order valence-corrected chi connectivity index (χ1v) is 15.4. The summed E-state index contributed by atoms with van der Waals surface area (Å²) in [6.07, 6.45) is 3.31. The largest absolute Gasteiger partial charge is 0.481 e. The first-order valence-electron chi connectivity index (χ1n) is 15.1. The number of aliphatic imine (C=N–C) groups is 1. The molecule has 5 rings (SSSR count). The Morgan fingerprint density at radius 1 is 1.26 bits per heavy atom. The van der Waals surface area contributed by atoms with Crippen LogP contribution < -0.4 is 21.8 Å². The Morgan fingerprint density at radius 3 is 2.65 bits per heavy atom. The number of carbonyl (C=O) groups excluding carboxylic acids is 2. The minimum atomic E-state index is -0.882. The van der Waals surface area contributed by atoms with Crippen LogP contribution in [-0.4, -0.2) is 60.2 Å². The van der Waals surface area contributed by atoms with Crippen molar-refractivity contribution in [3.63, 3.8) is 0 Å². The third-order valence-corrected chi connectivity index (χ3v) is 9.63. The normalized spacial score (nSPS) is 27.1. The highest BCUT2D eigenvalue weighted by Crippen LogP contribution is 2.65. The maximum Gasteiger partial charge on any atom is 0.481 e. The van der Waals surface area contributed by atoms with E-state index in [1.807, 2.05) is 0 Å². The van der Waals surface area contributed by atoms with Crippen LogP contribution >= 0.6 is 11.6 Å². The van der Waals surface area contributed by atoms with E-state index in [2.05, 4.69) is 50.2 Å². The van der Waals surface area contributed by atoms with Crippen molar-refractivity contribution in [1.29, 1.82) is 0 Å². The average molecular weight is 619 g/mol. The lowest BCUT2D eigenvalue weighted by Crippen LogP contribution is -2.65. The van der Waals surface area contributed by atoms with Crippen molar-refractivity contribution in [3.8, 4) is 0 Å². The SMILES string of the molecule is CC(C)C[C@H](NC(=O)[C@H](CCCN=C(N)N[N+](=O)[O-])NC(=O)Cc1cccc(Cl)c1)B1O[C@@H]2C[C@H]3C[C@H](C3(C)C)[C@]2(C)O1. The van der Waals surface area contributed by atoms with Gasteiger partial charge in [-0.3, -0.25) is 9.59 Å². The molecular formula is C29H44BClN6O6. The predicted molar refractivity (Wildman–Crippen MR) is 164 cm³/mol. The molecule has 3 aliphatic carbocycles. The number of nitrogens with one attached hydrogen (secondary N) is 3. The molecule has 1 aliphatic heterocycles. The number of hydrogen-bond acceptors (Lipinski definition) is 7. The van der Waals surface area contributed by atoms with Gasteiger partial charge in [-0.1, -0.05) is 56.9 Å². The second-order valence-corrected chi connectivity index (χ2v) is 13.7. The fourth-order valence-electron chi connectivity index (χ4n) is 7.07. The topological polar surface area (TPSA) is 170 Å². The summed E-state index contributed by atoms with van der Waals surface area (Å²) in [5.74, 6) is -0.203. The Bertz CT molecular complexity index is 1230. The van der Waals surface area contributed by atoms with Crippen molar-refractivity contribution >= 4 is 36.5 Å². The summed E-state index contributed by atoms with van der Waals surface area (Å²) in [6.45, 7) is 11.0. The van der Waals surface area contributed by atoms with Crippen LogP contribution in [0.15, 0.2) is 29.3 Å². The van der Waals surface area contributed by atoms with E-state index in [1.54, 1.807) is 29.7 Å². The van der Waals surface area contributed by atoms with Gasteiger partial charge >= 0.3 is 7.12 Å². The molecule has 1 saturated heterocycles. The second-order valence-electron chi connectivity index (χ2n) is 13.3. The molecule has 0 radical (unpaired) electrons. The van der Waals surface area contributed by atoms with Crippen molar-refractivity contribution in [2.24, 2.45) is 33.9 Å². The molecule has 14 heteroatoms. The summed E-state index contributed by atoms with van der Waals surface area (Å²) < 4.78 is 13.2. The van der Waals surface area contributed by atoms with Gasteiger partial charge < -0.3 is 25.7 Å². The molecule has 236 valence electrons. The number of benzene rings is 1. The van der Waals surface area contributed by atoms with Gasteiger partial charge in [-0.15, -0.1) is 0 Å². The molecule has 4 fully saturated rings. The van der Waals surface area contributed by atoms with Gasteiger partial charge in [0, 0.05) is 11.6 Å². The van der Waals surface area contributed by atoms with E-state index in [0.717, 1.165) is 18.4 Å². The lowest BCUT2D eigenvalue weighted by molar-refractivity contribution is -0.525. The van der Waals surface area contributed by atoms with Gasteiger partial charge in [0.05, 0.1) is 24.1 Å². The zero-order valence-electron chi connectivity index (χ0n) is 25.6. The van der Waals surface area contributed by atoms with Crippen molar-refractivity contribution in [2.75, 3.05) is 6.54 Å². The van der Waals surface area contributed by atoms with Gasteiger partial charge in [-0.05, 0) is 79.9 Å². The summed E-state index contributed by atoms with van der Waals surface area (Å²) in [7, 11) is -0.600. The summed E-state index contributed by atoms with van der Waals surface area (Å²) in [5.41, 5.74) is 7.80. The highest BCUT2D eigenvalue weighted by Gasteiger charge is 2.68. The molecule has 4 aliphatic rings.